The molecule has 0 spiro atoms. The van der Waals surface area contributed by atoms with Crippen molar-refractivity contribution < 1.29 is 13.2 Å². The molecule has 1 aromatic carbocycles. The molecule has 0 saturated carbocycles. The van der Waals surface area contributed by atoms with Crippen LogP contribution in [-0.2, 0) is 15.0 Å². The lowest BCUT2D eigenvalue weighted by molar-refractivity contribution is -0.116. The zero-order chi connectivity index (χ0) is 14.3. The Hall–Kier alpha value is -1.64. The molecule has 0 radical (unpaired) electrons. The molecule has 1 amide bonds. The van der Waals surface area contributed by atoms with Gasteiger partial charge in [0.05, 0.1) is 5.69 Å². The van der Waals surface area contributed by atoms with Crippen molar-refractivity contribution in [3.05, 3.63) is 24.3 Å². The van der Waals surface area contributed by atoms with Crippen LogP contribution in [0, 0.1) is 0 Å². The van der Waals surface area contributed by atoms with Crippen LogP contribution in [0.3, 0.4) is 0 Å². The third kappa shape index (κ3) is 6.75. The van der Waals surface area contributed by atoms with Gasteiger partial charge in [-0.05, 0) is 37.6 Å². The van der Waals surface area contributed by atoms with Crippen molar-refractivity contribution in [1.29, 1.82) is 0 Å². The molecule has 0 heterocycles. The summed E-state index contributed by atoms with van der Waals surface area (Å²) in [6.07, 6.45) is 1.89. The van der Waals surface area contributed by atoms with E-state index in [4.69, 9.17) is 10.9 Å². The molecule has 1 aromatic rings. The van der Waals surface area contributed by atoms with Gasteiger partial charge in [-0.25, -0.2) is 5.14 Å². The number of unbranched alkanes of at least 4 members (excludes halogenated alkanes) is 1. The highest BCUT2D eigenvalue weighted by Crippen LogP contribution is 2.16. The number of nitrogens with one attached hydrogen (secondary N) is 2. The Bertz CT molecular complexity index is 530. The molecule has 0 saturated heterocycles. The summed E-state index contributed by atoms with van der Waals surface area (Å²) in [5.74, 6) is -0.138. The maximum absolute atomic E-state index is 11.6. The maximum Gasteiger partial charge on any atom is 0.296 e. The average molecular weight is 286 g/mol. The van der Waals surface area contributed by atoms with Crippen LogP contribution in [0.2, 0.25) is 0 Å². The Morgan fingerprint density at radius 2 is 1.89 bits per heavy atom. The predicted molar refractivity (Wildman–Crippen MR) is 74.7 cm³/mol. The summed E-state index contributed by atoms with van der Waals surface area (Å²) >= 11 is 0. The van der Waals surface area contributed by atoms with Gasteiger partial charge in [-0.1, -0.05) is 6.07 Å². The summed E-state index contributed by atoms with van der Waals surface area (Å²) in [5, 5.41) is 7.53. The van der Waals surface area contributed by atoms with Gasteiger partial charge in [0.15, 0.2) is 0 Å². The van der Waals surface area contributed by atoms with Crippen molar-refractivity contribution in [2.75, 3.05) is 16.6 Å². The SMILES string of the molecule is NCCCCC(=O)Nc1cccc(NS(N)(=O)=O)c1. The molecule has 6 N–H and O–H groups in total. The molecular weight excluding hydrogens is 268 g/mol. The van der Waals surface area contributed by atoms with Gasteiger partial charge >= 0.3 is 0 Å². The van der Waals surface area contributed by atoms with Crippen LogP contribution in [-0.4, -0.2) is 20.9 Å². The Balaban J connectivity index is 2.59. The Kier molecular flexibility index (Phi) is 5.74. The second-order valence-electron chi connectivity index (χ2n) is 4.02. The van der Waals surface area contributed by atoms with Crippen LogP contribution >= 0.6 is 0 Å². The van der Waals surface area contributed by atoms with Crippen molar-refractivity contribution in [3.8, 4) is 0 Å². The summed E-state index contributed by atoms with van der Waals surface area (Å²) in [4.78, 5) is 11.6. The minimum absolute atomic E-state index is 0.138. The van der Waals surface area contributed by atoms with Crippen LogP contribution in [0.25, 0.3) is 0 Å². The number of rotatable bonds is 7. The fraction of sp³-hybridized carbons (Fsp3) is 0.364. The van der Waals surface area contributed by atoms with E-state index in [0.717, 1.165) is 12.8 Å². The van der Waals surface area contributed by atoms with Crippen LogP contribution < -0.4 is 20.9 Å². The number of anilines is 2. The van der Waals surface area contributed by atoms with E-state index < -0.39 is 10.2 Å². The monoisotopic (exact) mass is 286 g/mol. The maximum atomic E-state index is 11.6. The fourth-order valence-electron chi connectivity index (χ4n) is 1.48. The zero-order valence-corrected chi connectivity index (χ0v) is 11.2. The molecule has 0 aliphatic carbocycles. The van der Waals surface area contributed by atoms with E-state index in [0.29, 0.717) is 24.3 Å². The lowest BCUT2D eigenvalue weighted by Crippen LogP contribution is -2.21. The number of carbonyl (C=O) groups excluding carboxylic acids is 1. The average Bonchev–Trinajstić information content (AvgIpc) is 2.27. The highest BCUT2D eigenvalue weighted by Gasteiger charge is 2.05. The molecule has 8 heteroatoms. The first-order chi connectivity index (χ1) is 8.90. The summed E-state index contributed by atoms with van der Waals surface area (Å²) in [6, 6.07) is 6.30. The number of amides is 1. The van der Waals surface area contributed by atoms with E-state index >= 15 is 0 Å². The number of hydrogen-bond donors (Lipinski definition) is 4. The molecule has 0 bridgehead atoms. The molecule has 106 valence electrons. The lowest BCUT2D eigenvalue weighted by Gasteiger charge is -2.08. The standard InChI is InChI=1S/C11H18N4O3S/c12-7-2-1-6-11(16)14-9-4-3-5-10(8-9)15-19(13,17)18/h3-5,8,15H,1-2,6-7,12H2,(H,14,16)(H2,13,17,18). The van der Waals surface area contributed by atoms with Crippen molar-refractivity contribution in [2.45, 2.75) is 19.3 Å². The highest BCUT2D eigenvalue weighted by molar-refractivity contribution is 7.90. The zero-order valence-electron chi connectivity index (χ0n) is 10.4. The predicted octanol–water partition coefficient (Wildman–Crippen LogP) is 0.370. The van der Waals surface area contributed by atoms with Gasteiger partial charge in [0.1, 0.15) is 0 Å². The third-order valence-electron chi connectivity index (χ3n) is 2.26. The van der Waals surface area contributed by atoms with Crippen LogP contribution in [0.5, 0.6) is 0 Å². The summed E-state index contributed by atoms with van der Waals surface area (Å²) in [6.45, 7) is 0.557. The lowest BCUT2D eigenvalue weighted by atomic mass is 10.2. The normalized spacial score (nSPS) is 11.1. The van der Waals surface area contributed by atoms with Crippen molar-refractivity contribution in [1.82, 2.24) is 0 Å². The van der Waals surface area contributed by atoms with Gasteiger partial charge in [0.25, 0.3) is 10.2 Å². The molecule has 0 aliphatic rings. The first kappa shape index (κ1) is 15.4. The van der Waals surface area contributed by atoms with Gasteiger partial charge in [0.2, 0.25) is 5.91 Å². The van der Waals surface area contributed by atoms with Crippen LogP contribution in [0.1, 0.15) is 19.3 Å². The van der Waals surface area contributed by atoms with E-state index in [-0.39, 0.29) is 5.91 Å². The Labute approximate surface area is 112 Å². The molecule has 0 aliphatic heterocycles. The van der Waals surface area contributed by atoms with E-state index in [1.807, 2.05) is 0 Å². The molecule has 0 unspecified atom stereocenters. The van der Waals surface area contributed by atoms with E-state index in [1.54, 1.807) is 12.1 Å². The number of nitrogens with two attached hydrogens (primary N) is 2. The first-order valence-corrected chi connectivity index (χ1v) is 7.36. The highest BCUT2D eigenvalue weighted by atomic mass is 32.2. The molecule has 19 heavy (non-hydrogen) atoms. The minimum Gasteiger partial charge on any atom is -0.330 e. The number of hydrogen-bond acceptors (Lipinski definition) is 4. The summed E-state index contributed by atoms with van der Waals surface area (Å²) in [7, 11) is -3.82. The van der Waals surface area contributed by atoms with Crippen LogP contribution in [0.15, 0.2) is 24.3 Å². The van der Waals surface area contributed by atoms with Gasteiger partial charge in [-0.2, -0.15) is 8.42 Å². The summed E-state index contributed by atoms with van der Waals surface area (Å²) in [5.41, 5.74) is 6.14. The van der Waals surface area contributed by atoms with Gasteiger partial charge in [0, 0.05) is 12.1 Å². The number of carbonyl (C=O) groups is 1. The topological polar surface area (TPSA) is 127 Å². The second kappa shape index (κ2) is 7.07. The number of benzene rings is 1. The van der Waals surface area contributed by atoms with Crippen molar-refractivity contribution in [3.63, 3.8) is 0 Å². The molecule has 0 aromatic heterocycles. The van der Waals surface area contributed by atoms with E-state index in [1.165, 1.54) is 12.1 Å². The van der Waals surface area contributed by atoms with E-state index in [9.17, 15) is 13.2 Å². The largest absolute Gasteiger partial charge is 0.330 e. The third-order valence-corrected chi connectivity index (χ3v) is 2.78. The Morgan fingerprint density at radius 1 is 1.21 bits per heavy atom. The summed E-state index contributed by atoms with van der Waals surface area (Å²) < 4.78 is 23.9. The minimum atomic E-state index is -3.82. The molecule has 1 rings (SSSR count). The van der Waals surface area contributed by atoms with Gasteiger partial charge in [-0.15, -0.1) is 0 Å². The van der Waals surface area contributed by atoms with Gasteiger partial charge in [-0.3, -0.25) is 9.52 Å². The molecule has 0 atom stereocenters. The fourth-order valence-corrected chi connectivity index (χ4v) is 1.93. The smallest absolute Gasteiger partial charge is 0.296 e. The van der Waals surface area contributed by atoms with Gasteiger partial charge < -0.3 is 11.1 Å². The second-order valence-corrected chi connectivity index (χ2v) is 5.32. The Morgan fingerprint density at radius 3 is 2.53 bits per heavy atom. The molecule has 0 fully saturated rings. The van der Waals surface area contributed by atoms with Crippen molar-refractivity contribution >= 4 is 27.5 Å². The van der Waals surface area contributed by atoms with Crippen LogP contribution in [0.4, 0.5) is 11.4 Å². The quantitative estimate of drug-likeness (QED) is 0.540. The van der Waals surface area contributed by atoms with E-state index in [2.05, 4.69) is 10.0 Å². The molecule has 7 nitrogen and oxygen atoms in total. The molecular formula is C11H18N4O3S. The first-order valence-electron chi connectivity index (χ1n) is 5.81. The van der Waals surface area contributed by atoms with Crippen molar-refractivity contribution in [2.24, 2.45) is 10.9 Å².